The van der Waals surface area contributed by atoms with Crippen molar-refractivity contribution in [1.82, 2.24) is 9.78 Å². The Bertz CT molecular complexity index is 694. The largest absolute Gasteiger partial charge is 0.496 e. The number of nitrogens with zero attached hydrogens (tertiary/aromatic N) is 3. The summed E-state index contributed by atoms with van der Waals surface area (Å²) < 4.78 is 7.11. The van der Waals surface area contributed by atoms with Crippen LogP contribution >= 0.6 is 22.6 Å². The Morgan fingerprint density at radius 2 is 2.19 bits per heavy atom. The van der Waals surface area contributed by atoms with Gasteiger partial charge in [0.05, 0.1) is 33.6 Å². The first-order valence-corrected chi connectivity index (χ1v) is 6.82. The fraction of sp³-hybridized carbons (Fsp3) is 0.167. The third-order valence-electron chi connectivity index (χ3n) is 2.70. The summed E-state index contributed by atoms with van der Waals surface area (Å²) in [6, 6.07) is 4.06. The number of hydrogen-bond donors (Lipinski definition) is 1. The molecule has 21 heavy (non-hydrogen) atoms. The lowest BCUT2D eigenvalue weighted by atomic mass is 10.2. The van der Waals surface area contributed by atoms with Crippen molar-refractivity contribution in [2.45, 2.75) is 0 Å². The smallest absolute Gasteiger partial charge is 0.275 e. The molecule has 0 fully saturated rings. The Labute approximate surface area is 133 Å². The summed E-state index contributed by atoms with van der Waals surface area (Å²) in [5.41, 5.74) is 0.494. The number of ether oxygens (including phenoxy) is 1. The molecule has 0 aliphatic rings. The van der Waals surface area contributed by atoms with Gasteiger partial charge < -0.3 is 10.1 Å². The summed E-state index contributed by atoms with van der Waals surface area (Å²) in [7, 11) is 3.04. The third kappa shape index (κ3) is 3.29. The van der Waals surface area contributed by atoms with Gasteiger partial charge in [-0.05, 0) is 22.6 Å². The number of anilines is 1. The van der Waals surface area contributed by atoms with Crippen molar-refractivity contribution in [2.24, 2.45) is 7.05 Å². The van der Waals surface area contributed by atoms with Crippen molar-refractivity contribution in [2.75, 3.05) is 12.4 Å². The fourth-order valence-electron chi connectivity index (χ4n) is 1.74. The normalized spacial score (nSPS) is 10.2. The number of rotatable bonds is 4. The van der Waals surface area contributed by atoms with Crippen molar-refractivity contribution in [1.29, 1.82) is 0 Å². The molecule has 110 valence electrons. The maximum Gasteiger partial charge on any atom is 0.275 e. The van der Waals surface area contributed by atoms with E-state index in [2.05, 4.69) is 10.4 Å². The van der Waals surface area contributed by atoms with E-state index in [0.29, 0.717) is 15.0 Å². The zero-order chi connectivity index (χ0) is 15.6. The van der Waals surface area contributed by atoms with E-state index in [1.54, 1.807) is 13.2 Å². The van der Waals surface area contributed by atoms with Crippen molar-refractivity contribution < 1.29 is 14.5 Å². The van der Waals surface area contributed by atoms with Crippen LogP contribution in [0.5, 0.6) is 5.75 Å². The highest BCUT2D eigenvalue weighted by atomic mass is 127. The molecular formula is C12H11IN4O4. The highest BCUT2D eigenvalue weighted by Gasteiger charge is 2.17. The van der Waals surface area contributed by atoms with Crippen LogP contribution in [-0.2, 0) is 7.05 Å². The van der Waals surface area contributed by atoms with Gasteiger partial charge in [-0.25, -0.2) is 0 Å². The minimum absolute atomic E-state index is 0.163. The van der Waals surface area contributed by atoms with Crippen LogP contribution in [0.4, 0.5) is 11.4 Å². The standard InChI is InChI=1S/C12H11IN4O4/c1-16-11(10(13)6-14-16)12(18)15-7-3-8(17(19)20)5-9(4-7)21-2/h3-6H,1-2H3,(H,15,18). The summed E-state index contributed by atoms with van der Waals surface area (Å²) in [6.07, 6.45) is 1.56. The summed E-state index contributed by atoms with van der Waals surface area (Å²) in [5.74, 6) is -0.110. The van der Waals surface area contributed by atoms with E-state index >= 15 is 0 Å². The Morgan fingerprint density at radius 3 is 2.71 bits per heavy atom. The van der Waals surface area contributed by atoms with Crippen LogP contribution in [0.15, 0.2) is 24.4 Å². The molecule has 0 spiro atoms. The van der Waals surface area contributed by atoms with E-state index in [1.165, 1.54) is 30.0 Å². The van der Waals surface area contributed by atoms with Crippen molar-refractivity contribution in [3.63, 3.8) is 0 Å². The number of aromatic nitrogens is 2. The number of nitro benzene ring substituents is 1. The molecule has 9 heteroatoms. The van der Waals surface area contributed by atoms with Crippen LogP contribution in [0.2, 0.25) is 0 Å². The molecule has 0 atom stereocenters. The van der Waals surface area contributed by atoms with Gasteiger partial charge in [0.1, 0.15) is 11.4 Å². The quantitative estimate of drug-likeness (QED) is 0.480. The third-order valence-corrected chi connectivity index (χ3v) is 3.49. The van der Waals surface area contributed by atoms with Gasteiger partial charge in [-0.1, -0.05) is 0 Å². The topological polar surface area (TPSA) is 99.3 Å². The highest BCUT2D eigenvalue weighted by molar-refractivity contribution is 14.1. The number of benzene rings is 1. The number of nitrogens with one attached hydrogen (secondary N) is 1. The lowest BCUT2D eigenvalue weighted by Crippen LogP contribution is -2.17. The molecule has 1 aromatic heterocycles. The van der Waals surface area contributed by atoms with Crippen molar-refractivity contribution in [3.8, 4) is 5.75 Å². The van der Waals surface area contributed by atoms with Crippen LogP contribution in [0.25, 0.3) is 0 Å². The Kier molecular flexibility index (Phi) is 4.40. The number of carbonyl (C=O) groups excluding carboxylic acids is 1. The molecule has 2 aromatic rings. The number of methoxy groups -OCH3 is 1. The average Bonchev–Trinajstić information content (AvgIpc) is 2.77. The second-order valence-electron chi connectivity index (χ2n) is 4.10. The van der Waals surface area contributed by atoms with Gasteiger partial charge in [0.25, 0.3) is 11.6 Å². The number of amides is 1. The van der Waals surface area contributed by atoms with Crippen molar-refractivity contribution >= 4 is 39.9 Å². The maximum absolute atomic E-state index is 12.2. The van der Waals surface area contributed by atoms with Gasteiger partial charge in [0.15, 0.2) is 0 Å². The lowest BCUT2D eigenvalue weighted by Gasteiger charge is -2.08. The van der Waals surface area contributed by atoms with E-state index < -0.39 is 10.8 Å². The molecule has 1 amide bonds. The van der Waals surface area contributed by atoms with E-state index in [4.69, 9.17) is 4.74 Å². The number of non-ortho nitro benzene ring substituents is 1. The molecule has 1 heterocycles. The summed E-state index contributed by atoms with van der Waals surface area (Å²) >= 11 is 1.99. The summed E-state index contributed by atoms with van der Waals surface area (Å²) in [5, 5.41) is 17.4. The monoisotopic (exact) mass is 402 g/mol. The minimum atomic E-state index is -0.550. The zero-order valence-corrected chi connectivity index (χ0v) is 13.3. The average molecular weight is 402 g/mol. The summed E-state index contributed by atoms with van der Waals surface area (Å²) in [6.45, 7) is 0. The van der Waals surface area contributed by atoms with Crippen LogP contribution in [0.3, 0.4) is 0 Å². The van der Waals surface area contributed by atoms with E-state index in [0.717, 1.165) is 0 Å². The van der Waals surface area contributed by atoms with E-state index in [9.17, 15) is 14.9 Å². The number of aryl methyl sites for hydroxylation is 1. The summed E-state index contributed by atoms with van der Waals surface area (Å²) in [4.78, 5) is 22.5. The first-order valence-electron chi connectivity index (χ1n) is 5.74. The van der Waals surface area contributed by atoms with Gasteiger partial charge >= 0.3 is 0 Å². The van der Waals surface area contributed by atoms with Crippen molar-refractivity contribution in [3.05, 3.63) is 43.8 Å². The first kappa shape index (κ1) is 15.2. The maximum atomic E-state index is 12.2. The minimum Gasteiger partial charge on any atom is -0.496 e. The SMILES string of the molecule is COc1cc(NC(=O)c2c(I)cnn2C)cc([N+](=O)[O-])c1. The van der Waals surface area contributed by atoms with Crippen LogP contribution in [0.1, 0.15) is 10.5 Å². The second-order valence-corrected chi connectivity index (χ2v) is 5.26. The molecule has 2 rings (SSSR count). The molecule has 0 aliphatic carbocycles. The van der Waals surface area contributed by atoms with Gasteiger partial charge in [-0.2, -0.15) is 5.10 Å². The molecule has 0 saturated heterocycles. The molecule has 8 nitrogen and oxygen atoms in total. The molecule has 0 bridgehead atoms. The number of carbonyl (C=O) groups is 1. The molecule has 1 N–H and O–H groups in total. The first-order chi connectivity index (χ1) is 9.92. The predicted molar refractivity (Wildman–Crippen MR) is 83.5 cm³/mol. The molecule has 0 saturated carbocycles. The Balaban J connectivity index is 2.33. The van der Waals surface area contributed by atoms with Crippen LogP contribution in [0, 0.1) is 13.7 Å². The lowest BCUT2D eigenvalue weighted by molar-refractivity contribution is -0.384. The van der Waals surface area contributed by atoms with E-state index in [-0.39, 0.29) is 11.4 Å². The predicted octanol–water partition coefficient (Wildman–Crippen LogP) is 2.19. The van der Waals surface area contributed by atoms with E-state index in [1.807, 2.05) is 22.6 Å². The van der Waals surface area contributed by atoms with Crippen LogP contribution in [-0.4, -0.2) is 27.7 Å². The van der Waals surface area contributed by atoms with Crippen LogP contribution < -0.4 is 10.1 Å². The molecular weight excluding hydrogens is 391 g/mol. The Morgan fingerprint density at radius 1 is 1.48 bits per heavy atom. The van der Waals surface area contributed by atoms with Gasteiger partial charge in [0, 0.05) is 19.2 Å². The molecule has 1 aromatic carbocycles. The zero-order valence-electron chi connectivity index (χ0n) is 11.2. The second kappa shape index (κ2) is 6.08. The highest BCUT2D eigenvalue weighted by Crippen LogP contribution is 2.26. The number of hydrogen-bond acceptors (Lipinski definition) is 5. The number of halogens is 1. The van der Waals surface area contributed by atoms with Gasteiger partial charge in [0.2, 0.25) is 0 Å². The molecule has 0 aliphatic heterocycles. The molecule has 0 unspecified atom stereocenters. The van der Waals surface area contributed by atoms with Gasteiger partial charge in [-0.3, -0.25) is 19.6 Å². The fourth-order valence-corrected chi connectivity index (χ4v) is 2.45. The van der Waals surface area contributed by atoms with Gasteiger partial charge in [-0.15, -0.1) is 0 Å². The number of nitro groups is 1. The Hall–Kier alpha value is -2.17. The molecule has 0 radical (unpaired) electrons.